The van der Waals surface area contributed by atoms with Crippen LogP contribution in [0.4, 0.5) is 0 Å². The molecule has 1 aromatic rings. The van der Waals surface area contributed by atoms with E-state index in [2.05, 4.69) is 0 Å². The lowest BCUT2D eigenvalue weighted by Crippen LogP contribution is -2.26. The maximum Gasteiger partial charge on any atom is 0.308 e. The lowest BCUT2D eigenvalue weighted by Gasteiger charge is -2.21. The summed E-state index contributed by atoms with van der Waals surface area (Å²) in [6.45, 7) is 5.54. The Hall–Kier alpha value is -1.06. The Morgan fingerprint density at radius 1 is 1.29 bits per heavy atom. The molecule has 96 valence electrons. The van der Waals surface area contributed by atoms with Gasteiger partial charge in [0.1, 0.15) is 5.60 Å². The second-order valence-electron chi connectivity index (χ2n) is 4.81. The minimum atomic E-state index is -0.451. The molecule has 0 aliphatic heterocycles. The summed E-state index contributed by atoms with van der Waals surface area (Å²) < 4.78 is 5.21. The van der Waals surface area contributed by atoms with Crippen LogP contribution in [0.2, 0.25) is 0 Å². The Morgan fingerprint density at radius 3 is 2.29 bits per heavy atom. The van der Waals surface area contributed by atoms with Crippen molar-refractivity contribution in [1.82, 2.24) is 0 Å². The van der Waals surface area contributed by atoms with Gasteiger partial charge in [0.15, 0.2) is 0 Å². The first kappa shape index (κ1) is 15.9. The normalized spacial score (nSPS) is 12.5. The van der Waals surface area contributed by atoms with Crippen molar-refractivity contribution >= 4 is 18.4 Å². The first-order valence-electron chi connectivity index (χ1n) is 5.41. The summed E-state index contributed by atoms with van der Waals surface area (Å²) >= 11 is 0. The largest absolute Gasteiger partial charge is 0.460 e. The SMILES string of the molecule is CC(C)(C)OC(=O)C[C@H](N)c1ccccc1.Cl. The molecule has 0 unspecified atom stereocenters. The molecule has 0 bridgehead atoms. The van der Waals surface area contributed by atoms with Gasteiger partial charge in [-0.25, -0.2) is 0 Å². The average Bonchev–Trinajstić information content (AvgIpc) is 2.16. The van der Waals surface area contributed by atoms with Crippen LogP contribution in [0, 0.1) is 0 Å². The molecule has 1 aromatic carbocycles. The maximum atomic E-state index is 11.5. The fourth-order valence-electron chi connectivity index (χ4n) is 1.38. The predicted octanol–water partition coefficient (Wildman–Crippen LogP) is 2.84. The van der Waals surface area contributed by atoms with E-state index in [9.17, 15) is 4.79 Å². The van der Waals surface area contributed by atoms with E-state index in [4.69, 9.17) is 10.5 Å². The molecule has 0 spiro atoms. The number of esters is 1. The van der Waals surface area contributed by atoms with Crippen LogP contribution in [0.1, 0.15) is 38.8 Å². The molecular weight excluding hydrogens is 238 g/mol. The van der Waals surface area contributed by atoms with Crippen molar-refractivity contribution < 1.29 is 9.53 Å². The molecule has 2 N–H and O–H groups in total. The summed E-state index contributed by atoms with van der Waals surface area (Å²) in [5, 5.41) is 0. The van der Waals surface area contributed by atoms with Crippen LogP contribution >= 0.6 is 12.4 Å². The van der Waals surface area contributed by atoms with Gasteiger partial charge in [-0.3, -0.25) is 4.79 Å². The minimum Gasteiger partial charge on any atom is -0.460 e. The number of ether oxygens (including phenoxy) is 1. The van der Waals surface area contributed by atoms with Crippen molar-refractivity contribution in [3.05, 3.63) is 35.9 Å². The minimum absolute atomic E-state index is 0. The Labute approximate surface area is 109 Å². The van der Waals surface area contributed by atoms with Gasteiger partial charge >= 0.3 is 5.97 Å². The number of rotatable bonds is 3. The van der Waals surface area contributed by atoms with Crippen molar-refractivity contribution in [3.8, 4) is 0 Å². The van der Waals surface area contributed by atoms with Gasteiger partial charge < -0.3 is 10.5 Å². The van der Waals surface area contributed by atoms with E-state index < -0.39 is 5.60 Å². The van der Waals surface area contributed by atoms with Crippen LogP contribution in [0.5, 0.6) is 0 Å². The van der Waals surface area contributed by atoms with E-state index in [1.165, 1.54) is 0 Å². The van der Waals surface area contributed by atoms with Crippen LogP contribution in [0.15, 0.2) is 30.3 Å². The molecule has 0 radical (unpaired) electrons. The number of benzene rings is 1. The maximum absolute atomic E-state index is 11.5. The van der Waals surface area contributed by atoms with E-state index >= 15 is 0 Å². The lowest BCUT2D eigenvalue weighted by molar-refractivity contribution is -0.155. The third kappa shape index (κ3) is 6.29. The van der Waals surface area contributed by atoms with Gasteiger partial charge in [-0.2, -0.15) is 0 Å². The number of hydrogen-bond acceptors (Lipinski definition) is 3. The lowest BCUT2D eigenvalue weighted by atomic mass is 10.0. The van der Waals surface area contributed by atoms with Gasteiger partial charge in [0.25, 0.3) is 0 Å². The topological polar surface area (TPSA) is 52.3 Å². The Morgan fingerprint density at radius 2 is 1.82 bits per heavy atom. The summed E-state index contributed by atoms with van der Waals surface area (Å²) in [4.78, 5) is 11.5. The number of carbonyl (C=O) groups is 1. The van der Waals surface area contributed by atoms with E-state index in [1.807, 2.05) is 51.1 Å². The monoisotopic (exact) mass is 257 g/mol. The molecule has 17 heavy (non-hydrogen) atoms. The van der Waals surface area contributed by atoms with Gasteiger partial charge in [-0.05, 0) is 26.3 Å². The third-order valence-electron chi connectivity index (χ3n) is 2.03. The van der Waals surface area contributed by atoms with Crippen LogP contribution in [-0.2, 0) is 9.53 Å². The molecular formula is C13H20ClNO2. The molecule has 0 aromatic heterocycles. The molecule has 0 aliphatic rings. The zero-order valence-electron chi connectivity index (χ0n) is 10.5. The molecule has 1 rings (SSSR count). The van der Waals surface area contributed by atoms with Crippen LogP contribution in [0.25, 0.3) is 0 Å². The summed E-state index contributed by atoms with van der Waals surface area (Å²) in [5.41, 5.74) is 6.42. The Kier molecular flexibility index (Phi) is 6.21. The molecule has 0 saturated heterocycles. The highest BCUT2D eigenvalue weighted by molar-refractivity contribution is 5.85. The summed E-state index contributed by atoms with van der Waals surface area (Å²) in [6, 6.07) is 9.26. The van der Waals surface area contributed by atoms with Gasteiger partial charge in [0, 0.05) is 6.04 Å². The third-order valence-corrected chi connectivity index (χ3v) is 2.03. The van der Waals surface area contributed by atoms with Crippen molar-refractivity contribution in [1.29, 1.82) is 0 Å². The first-order chi connectivity index (χ1) is 7.38. The van der Waals surface area contributed by atoms with Crippen LogP contribution in [-0.4, -0.2) is 11.6 Å². The molecule has 0 saturated carbocycles. The van der Waals surface area contributed by atoms with Gasteiger partial charge in [0.2, 0.25) is 0 Å². The van der Waals surface area contributed by atoms with E-state index in [0.717, 1.165) is 5.56 Å². The fourth-order valence-corrected chi connectivity index (χ4v) is 1.38. The molecule has 0 aliphatic carbocycles. The van der Waals surface area contributed by atoms with E-state index in [-0.39, 0.29) is 30.8 Å². The number of carbonyl (C=O) groups excluding carboxylic acids is 1. The molecule has 0 fully saturated rings. The Bertz CT molecular complexity index is 346. The molecule has 3 nitrogen and oxygen atoms in total. The van der Waals surface area contributed by atoms with Gasteiger partial charge in [-0.15, -0.1) is 12.4 Å². The second kappa shape index (κ2) is 6.62. The summed E-state index contributed by atoms with van der Waals surface area (Å²) in [6.07, 6.45) is 0.210. The highest BCUT2D eigenvalue weighted by Crippen LogP contribution is 2.16. The van der Waals surface area contributed by atoms with Crippen molar-refractivity contribution in [3.63, 3.8) is 0 Å². The summed E-state index contributed by atoms with van der Waals surface area (Å²) in [5.74, 6) is -0.260. The van der Waals surface area contributed by atoms with E-state index in [1.54, 1.807) is 0 Å². The van der Waals surface area contributed by atoms with Crippen LogP contribution < -0.4 is 5.73 Å². The Balaban J connectivity index is 0.00000256. The van der Waals surface area contributed by atoms with Gasteiger partial charge in [-0.1, -0.05) is 30.3 Å². The highest BCUT2D eigenvalue weighted by atomic mass is 35.5. The molecule has 4 heteroatoms. The summed E-state index contributed by atoms with van der Waals surface area (Å²) in [7, 11) is 0. The fraction of sp³-hybridized carbons (Fsp3) is 0.462. The van der Waals surface area contributed by atoms with Crippen LogP contribution in [0.3, 0.4) is 0 Å². The zero-order valence-corrected chi connectivity index (χ0v) is 11.3. The van der Waals surface area contributed by atoms with E-state index in [0.29, 0.717) is 0 Å². The average molecular weight is 258 g/mol. The first-order valence-corrected chi connectivity index (χ1v) is 5.41. The van der Waals surface area contributed by atoms with Crippen molar-refractivity contribution in [2.75, 3.05) is 0 Å². The van der Waals surface area contributed by atoms with Crippen molar-refractivity contribution in [2.45, 2.75) is 38.8 Å². The van der Waals surface area contributed by atoms with Gasteiger partial charge in [0.05, 0.1) is 6.42 Å². The number of hydrogen-bond donors (Lipinski definition) is 1. The zero-order chi connectivity index (χ0) is 12.2. The smallest absolute Gasteiger partial charge is 0.308 e. The predicted molar refractivity (Wildman–Crippen MR) is 71.1 cm³/mol. The molecule has 0 heterocycles. The molecule has 1 atom stereocenters. The standard InChI is InChI=1S/C13H19NO2.ClH/c1-13(2,3)16-12(15)9-11(14)10-7-5-4-6-8-10;/h4-8,11H,9,14H2,1-3H3;1H/t11-;/m0./s1. The second-order valence-corrected chi connectivity index (χ2v) is 4.81. The highest BCUT2D eigenvalue weighted by Gasteiger charge is 2.19. The quantitative estimate of drug-likeness (QED) is 0.848. The van der Waals surface area contributed by atoms with Crippen molar-refractivity contribution in [2.24, 2.45) is 5.73 Å². The number of halogens is 1. The number of nitrogens with two attached hydrogens (primary N) is 1. The molecule has 0 amide bonds.